The molecule has 21 heavy (non-hydrogen) atoms. The van der Waals surface area contributed by atoms with Gasteiger partial charge in [-0.2, -0.15) is 5.10 Å². The molecule has 0 atom stereocenters. The van der Waals surface area contributed by atoms with Crippen molar-refractivity contribution >= 4 is 23.3 Å². The third-order valence-electron chi connectivity index (χ3n) is 2.62. The van der Waals surface area contributed by atoms with Crippen molar-refractivity contribution < 1.29 is 18.8 Å². The first kappa shape index (κ1) is 14.5. The number of aryl methyl sites for hydroxylation is 1. The molecule has 0 aliphatic heterocycles. The average Bonchev–Trinajstić information content (AvgIpc) is 3.05. The molecular weight excluding hydrogens is 276 g/mol. The van der Waals surface area contributed by atoms with Crippen LogP contribution in [-0.4, -0.2) is 27.4 Å². The van der Waals surface area contributed by atoms with Gasteiger partial charge in [0.25, 0.3) is 11.8 Å². The highest BCUT2D eigenvalue weighted by atomic mass is 16.3. The van der Waals surface area contributed by atoms with Gasteiger partial charge >= 0.3 is 0 Å². The molecule has 0 radical (unpaired) electrons. The first-order chi connectivity index (χ1) is 9.97. The van der Waals surface area contributed by atoms with Crippen LogP contribution >= 0.6 is 0 Å². The fraction of sp³-hybridized carbons (Fsp3) is 0.231. The summed E-state index contributed by atoms with van der Waals surface area (Å²) in [7, 11) is 1.60. The largest absolute Gasteiger partial charge is 0.467 e. The highest BCUT2D eigenvalue weighted by Crippen LogP contribution is 2.13. The normalized spacial score (nSPS) is 10.2. The number of furan rings is 1. The first-order valence-electron chi connectivity index (χ1n) is 6.13. The molecule has 0 saturated heterocycles. The third-order valence-corrected chi connectivity index (χ3v) is 2.62. The number of carbonyl (C=O) groups excluding carboxylic acids is 3. The molecule has 0 fully saturated rings. The minimum absolute atomic E-state index is 0.0265. The summed E-state index contributed by atoms with van der Waals surface area (Å²) >= 11 is 0. The summed E-state index contributed by atoms with van der Waals surface area (Å²) in [6.45, 7) is 1.34. The summed E-state index contributed by atoms with van der Waals surface area (Å²) in [5.41, 5.74) is 0.202. The topological polar surface area (TPSA) is 106 Å². The van der Waals surface area contributed by atoms with Gasteiger partial charge in [-0.3, -0.25) is 19.1 Å². The van der Waals surface area contributed by atoms with Crippen LogP contribution in [0.5, 0.6) is 0 Å². The summed E-state index contributed by atoms with van der Waals surface area (Å²) in [6, 6.07) is 3.43. The number of Topliss-reactive ketones (excluding diaryl/α,β-unsaturated/α-hetero) is 1. The van der Waals surface area contributed by atoms with Gasteiger partial charge in [-0.25, -0.2) is 0 Å². The van der Waals surface area contributed by atoms with Crippen molar-refractivity contribution in [2.75, 3.05) is 5.32 Å². The molecule has 2 aromatic heterocycles. The number of aromatic nitrogens is 2. The number of nitrogens with zero attached hydrogens (tertiary/aromatic N) is 2. The Balaban J connectivity index is 2.09. The molecule has 0 aliphatic rings. The maximum Gasteiger partial charge on any atom is 0.291 e. The summed E-state index contributed by atoms with van der Waals surface area (Å²) in [5.74, 6) is -1.34. The van der Waals surface area contributed by atoms with E-state index in [1.807, 2.05) is 0 Å². The van der Waals surface area contributed by atoms with Crippen molar-refractivity contribution in [2.24, 2.45) is 7.05 Å². The van der Waals surface area contributed by atoms with E-state index in [2.05, 4.69) is 15.7 Å². The molecule has 2 N–H and O–H groups in total. The van der Waals surface area contributed by atoms with Gasteiger partial charge in [0.2, 0.25) is 5.78 Å². The molecule has 0 aromatic carbocycles. The van der Waals surface area contributed by atoms with Crippen molar-refractivity contribution in [3.63, 3.8) is 0 Å². The number of anilines is 1. The smallest absolute Gasteiger partial charge is 0.291 e. The molecule has 0 unspecified atom stereocenters. The Bertz CT molecular complexity index is 672. The first-order valence-corrected chi connectivity index (χ1v) is 6.13. The van der Waals surface area contributed by atoms with Crippen molar-refractivity contribution in [2.45, 2.75) is 13.5 Å². The van der Waals surface area contributed by atoms with Crippen LogP contribution in [0.4, 0.5) is 5.69 Å². The van der Waals surface area contributed by atoms with Crippen LogP contribution in [0.15, 0.2) is 29.0 Å². The van der Waals surface area contributed by atoms with Gasteiger partial charge in [-0.15, -0.1) is 0 Å². The maximum absolute atomic E-state index is 12.1. The second-order valence-electron chi connectivity index (χ2n) is 4.34. The van der Waals surface area contributed by atoms with E-state index in [4.69, 9.17) is 4.42 Å². The summed E-state index contributed by atoms with van der Waals surface area (Å²) in [4.78, 5) is 34.4. The van der Waals surface area contributed by atoms with E-state index in [0.717, 1.165) is 6.92 Å². The number of hydrogen-bond acceptors (Lipinski definition) is 5. The molecule has 0 saturated carbocycles. The molecule has 0 aliphatic carbocycles. The summed E-state index contributed by atoms with van der Waals surface area (Å²) in [6.07, 6.45) is 2.95. The molecule has 2 aromatic rings. The molecule has 0 spiro atoms. The van der Waals surface area contributed by atoms with E-state index in [1.54, 1.807) is 19.2 Å². The van der Waals surface area contributed by atoms with Crippen molar-refractivity contribution in [3.05, 3.63) is 36.0 Å². The van der Waals surface area contributed by atoms with Crippen molar-refractivity contribution in [1.82, 2.24) is 15.1 Å². The lowest BCUT2D eigenvalue weighted by Gasteiger charge is -2.04. The third kappa shape index (κ3) is 3.56. The SMILES string of the molecule is CC(=O)C(=O)Nc1cn(C)nc1C(=O)NCc1ccco1. The van der Waals surface area contributed by atoms with Crippen LogP contribution in [0.1, 0.15) is 23.2 Å². The van der Waals surface area contributed by atoms with E-state index >= 15 is 0 Å². The van der Waals surface area contributed by atoms with Gasteiger partial charge in [-0.05, 0) is 12.1 Å². The predicted octanol–water partition coefficient (Wildman–Crippen LogP) is 0.471. The number of ketones is 1. The average molecular weight is 290 g/mol. The minimum atomic E-state index is -0.803. The maximum atomic E-state index is 12.1. The minimum Gasteiger partial charge on any atom is -0.467 e. The zero-order valence-electron chi connectivity index (χ0n) is 11.5. The zero-order valence-corrected chi connectivity index (χ0v) is 11.5. The van der Waals surface area contributed by atoms with Gasteiger partial charge in [0, 0.05) is 20.2 Å². The van der Waals surface area contributed by atoms with E-state index in [0.29, 0.717) is 5.76 Å². The lowest BCUT2D eigenvalue weighted by molar-refractivity contribution is -0.133. The van der Waals surface area contributed by atoms with Crippen molar-refractivity contribution in [1.29, 1.82) is 0 Å². The van der Waals surface area contributed by atoms with E-state index in [1.165, 1.54) is 17.1 Å². The number of hydrogen-bond donors (Lipinski definition) is 2. The number of rotatable bonds is 5. The highest BCUT2D eigenvalue weighted by Gasteiger charge is 2.19. The molecule has 2 rings (SSSR count). The van der Waals surface area contributed by atoms with Gasteiger partial charge < -0.3 is 15.1 Å². The highest BCUT2D eigenvalue weighted by molar-refractivity contribution is 6.40. The number of nitrogens with one attached hydrogen (secondary N) is 2. The summed E-state index contributed by atoms with van der Waals surface area (Å²) in [5, 5.41) is 8.93. The Morgan fingerprint density at radius 3 is 2.76 bits per heavy atom. The monoisotopic (exact) mass is 290 g/mol. The van der Waals surface area contributed by atoms with E-state index < -0.39 is 17.6 Å². The Labute approximate surface area is 120 Å². The molecule has 110 valence electrons. The molecule has 0 bridgehead atoms. The standard InChI is InChI=1S/C13H14N4O4/c1-8(18)12(19)15-10-7-17(2)16-11(10)13(20)14-6-9-4-3-5-21-9/h3-5,7H,6H2,1-2H3,(H,14,20)(H,15,19). The number of carbonyl (C=O) groups is 3. The Morgan fingerprint density at radius 1 is 1.38 bits per heavy atom. The molecular formula is C13H14N4O4. The summed E-state index contributed by atoms with van der Waals surface area (Å²) < 4.78 is 6.47. The van der Waals surface area contributed by atoms with Gasteiger partial charge in [-0.1, -0.05) is 0 Å². The van der Waals surface area contributed by atoms with Crippen LogP contribution in [0.3, 0.4) is 0 Å². The second-order valence-corrected chi connectivity index (χ2v) is 4.34. The van der Waals surface area contributed by atoms with Crippen LogP contribution in [0.2, 0.25) is 0 Å². The van der Waals surface area contributed by atoms with Crippen molar-refractivity contribution in [3.8, 4) is 0 Å². The van der Waals surface area contributed by atoms with Crippen LogP contribution < -0.4 is 10.6 Å². The molecule has 2 heterocycles. The van der Waals surface area contributed by atoms with Crippen LogP contribution in [0.25, 0.3) is 0 Å². The van der Waals surface area contributed by atoms with Gasteiger partial charge in [0.1, 0.15) is 5.76 Å². The quantitative estimate of drug-likeness (QED) is 0.779. The fourth-order valence-corrected chi connectivity index (χ4v) is 1.62. The molecule has 8 heteroatoms. The number of amides is 2. The lowest BCUT2D eigenvalue weighted by atomic mass is 10.3. The fourth-order valence-electron chi connectivity index (χ4n) is 1.62. The Kier molecular flexibility index (Phi) is 4.17. The Hall–Kier alpha value is -2.90. The van der Waals surface area contributed by atoms with Crippen LogP contribution in [-0.2, 0) is 23.2 Å². The zero-order chi connectivity index (χ0) is 15.4. The lowest BCUT2D eigenvalue weighted by Crippen LogP contribution is -2.26. The van der Waals surface area contributed by atoms with Crippen LogP contribution in [0, 0.1) is 0 Å². The van der Waals surface area contributed by atoms with E-state index in [-0.39, 0.29) is 17.9 Å². The van der Waals surface area contributed by atoms with Gasteiger partial charge in [0.15, 0.2) is 5.69 Å². The molecule has 2 amide bonds. The Morgan fingerprint density at radius 2 is 2.14 bits per heavy atom. The van der Waals surface area contributed by atoms with E-state index in [9.17, 15) is 14.4 Å². The second kappa shape index (κ2) is 6.04. The van der Waals surface area contributed by atoms with Gasteiger partial charge in [0.05, 0.1) is 18.5 Å². The predicted molar refractivity (Wildman–Crippen MR) is 72.4 cm³/mol. The molecule has 8 nitrogen and oxygen atoms in total.